The molecule has 6 heteroatoms. The molecule has 2 amide bonds. The Morgan fingerprint density at radius 1 is 1.19 bits per heavy atom. The molecule has 110 valence electrons. The molecule has 0 spiro atoms. The molecule has 2 fully saturated rings. The van der Waals surface area contributed by atoms with Crippen LogP contribution in [0.15, 0.2) is 24.3 Å². The minimum absolute atomic E-state index is 0.0926. The summed E-state index contributed by atoms with van der Waals surface area (Å²) in [5, 5.41) is 11.6. The summed E-state index contributed by atoms with van der Waals surface area (Å²) >= 11 is 0. The average molecular weight is 288 g/mol. The molecule has 21 heavy (non-hydrogen) atoms. The fourth-order valence-electron chi connectivity index (χ4n) is 2.52. The molecule has 1 saturated heterocycles. The van der Waals surface area contributed by atoms with Crippen molar-refractivity contribution in [1.29, 1.82) is 0 Å². The Hall–Kier alpha value is -2.37. The quantitative estimate of drug-likeness (QED) is 0.870. The minimum atomic E-state index is -1.08. The van der Waals surface area contributed by atoms with Crippen LogP contribution in [0.2, 0.25) is 0 Å². The van der Waals surface area contributed by atoms with Gasteiger partial charge in [0.15, 0.2) is 0 Å². The van der Waals surface area contributed by atoms with Gasteiger partial charge in [-0.05, 0) is 43.5 Å². The van der Waals surface area contributed by atoms with E-state index in [1.807, 2.05) is 0 Å². The number of hydrogen-bond acceptors (Lipinski definition) is 3. The second kappa shape index (κ2) is 4.87. The van der Waals surface area contributed by atoms with Crippen LogP contribution in [0.1, 0.15) is 36.0 Å². The summed E-state index contributed by atoms with van der Waals surface area (Å²) in [7, 11) is 0. The number of nitrogens with zero attached hydrogens (tertiary/aromatic N) is 1. The van der Waals surface area contributed by atoms with Gasteiger partial charge < -0.3 is 15.3 Å². The Morgan fingerprint density at radius 2 is 1.86 bits per heavy atom. The summed E-state index contributed by atoms with van der Waals surface area (Å²) in [6.07, 6.45) is 2.34. The number of anilines is 1. The van der Waals surface area contributed by atoms with Crippen molar-refractivity contribution in [3.05, 3.63) is 29.8 Å². The molecule has 1 aliphatic heterocycles. The minimum Gasteiger partial charge on any atom is -0.480 e. The van der Waals surface area contributed by atoms with Gasteiger partial charge in [-0.25, -0.2) is 4.79 Å². The lowest BCUT2D eigenvalue weighted by atomic mass is 10.1. The molecule has 0 unspecified atom stereocenters. The summed E-state index contributed by atoms with van der Waals surface area (Å²) in [6.45, 7) is 0.701. The molecular weight excluding hydrogens is 272 g/mol. The van der Waals surface area contributed by atoms with Crippen LogP contribution in [0.4, 0.5) is 5.69 Å². The molecule has 1 aromatic carbocycles. The first-order chi connectivity index (χ1) is 10.0. The Labute approximate surface area is 121 Å². The fourth-order valence-corrected chi connectivity index (χ4v) is 2.52. The topological polar surface area (TPSA) is 86.7 Å². The van der Waals surface area contributed by atoms with E-state index in [0.717, 1.165) is 12.1 Å². The van der Waals surface area contributed by atoms with Gasteiger partial charge in [-0.1, -0.05) is 0 Å². The van der Waals surface area contributed by atoms with E-state index in [1.54, 1.807) is 29.2 Å². The first-order valence-electron chi connectivity index (χ1n) is 6.98. The predicted octanol–water partition coefficient (Wildman–Crippen LogP) is 1.16. The fraction of sp³-hybridized carbons (Fsp3) is 0.400. The maximum atomic E-state index is 12.0. The molecule has 2 aliphatic rings. The lowest BCUT2D eigenvalue weighted by molar-refractivity contribution is -0.140. The average Bonchev–Trinajstić information content (AvgIpc) is 3.13. The number of carboxylic acids is 1. The molecular formula is C15H16N2O4. The number of benzene rings is 1. The lowest BCUT2D eigenvalue weighted by Crippen LogP contribution is -2.43. The molecule has 0 bridgehead atoms. The second-order valence-corrected chi connectivity index (χ2v) is 5.54. The number of aliphatic carboxylic acids is 1. The van der Waals surface area contributed by atoms with Gasteiger partial charge in [0.05, 0.1) is 0 Å². The molecule has 1 saturated carbocycles. The number of hydrogen-bond donors (Lipinski definition) is 2. The highest BCUT2D eigenvalue weighted by molar-refractivity contribution is 6.00. The lowest BCUT2D eigenvalue weighted by Gasteiger charge is -2.16. The third kappa shape index (κ3) is 2.49. The summed E-state index contributed by atoms with van der Waals surface area (Å²) in [5.41, 5.74) is 0.0899. The first-order valence-corrected chi connectivity index (χ1v) is 6.98. The highest BCUT2D eigenvalue weighted by Crippen LogP contribution is 2.35. The Bertz CT molecular complexity index is 605. The van der Waals surface area contributed by atoms with Crippen molar-refractivity contribution in [3.63, 3.8) is 0 Å². The SMILES string of the molecule is O=C(NC1(C(=O)O)CC1)c1ccc(N2CCCC2=O)cc1. The van der Waals surface area contributed by atoms with E-state index in [2.05, 4.69) is 5.32 Å². The van der Waals surface area contributed by atoms with Gasteiger partial charge in [-0.2, -0.15) is 0 Å². The molecule has 6 nitrogen and oxygen atoms in total. The Balaban J connectivity index is 1.71. The van der Waals surface area contributed by atoms with Gasteiger partial charge in [0.25, 0.3) is 5.91 Å². The van der Waals surface area contributed by atoms with Crippen LogP contribution in [0.3, 0.4) is 0 Å². The molecule has 0 aromatic heterocycles. The number of nitrogens with one attached hydrogen (secondary N) is 1. The first kappa shape index (κ1) is 13.6. The standard InChI is InChI=1S/C15H16N2O4/c18-12-2-1-9-17(12)11-5-3-10(4-6-11)13(19)16-15(7-8-15)14(20)21/h3-6H,1-2,7-9H2,(H,16,19)(H,20,21). The van der Waals surface area contributed by atoms with Crippen LogP contribution in [-0.4, -0.2) is 35.0 Å². The van der Waals surface area contributed by atoms with Gasteiger partial charge in [0, 0.05) is 24.2 Å². The van der Waals surface area contributed by atoms with Crippen molar-refractivity contribution >= 4 is 23.5 Å². The van der Waals surface area contributed by atoms with Crippen molar-refractivity contribution in [1.82, 2.24) is 5.32 Å². The van der Waals surface area contributed by atoms with Crippen LogP contribution in [0.5, 0.6) is 0 Å². The molecule has 1 aromatic rings. The van der Waals surface area contributed by atoms with Crippen LogP contribution < -0.4 is 10.2 Å². The summed E-state index contributed by atoms with van der Waals surface area (Å²) in [5.74, 6) is -1.29. The van der Waals surface area contributed by atoms with E-state index in [-0.39, 0.29) is 5.91 Å². The number of rotatable bonds is 4. The third-order valence-corrected chi connectivity index (χ3v) is 4.03. The zero-order valence-corrected chi connectivity index (χ0v) is 11.5. The summed E-state index contributed by atoms with van der Waals surface area (Å²) < 4.78 is 0. The normalized spacial score (nSPS) is 19.4. The molecule has 0 atom stereocenters. The predicted molar refractivity (Wildman–Crippen MR) is 75.1 cm³/mol. The number of carboxylic acid groups (broad SMARTS) is 1. The molecule has 0 radical (unpaired) electrons. The van der Waals surface area contributed by atoms with E-state index in [0.29, 0.717) is 31.4 Å². The molecule has 3 rings (SSSR count). The molecule has 2 N–H and O–H groups in total. The van der Waals surface area contributed by atoms with E-state index < -0.39 is 17.4 Å². The van der Waals surface area contributed by atoms with E-state index >= 15 is 0 Å². The van der Waals surface area contributed by atoms with Gasteiger partial charge in [-0.3, -0.25) is 9.59 Å². The monoisotopic (exact) mass is 288 g/mol. The third-order valence-electron chi connectivity index (χ3n) is 4.03. The van der Waals surface area contributed by atoms with Gasteiger partial charge in [0.1, 0.15) is 5.54 Å². The largest absolute Gasteiger partial charge is 0.480 e. The maximum Gasteiger partial charge on any atom is 0.329 e. The smallest absolute Gasteiger partial charge is 0.329 e. The molecule has 1 aliphatic carbocycles. The van der Waals surface area contributed by atoms with Crippen LogP contribution >= 0.6 is 0 Å². The second-order valence-electron chi connectivity index (χ2n) is 5.54. The highest BCUT2D eigenvalue weighted by Gasteiger charge is 2.51. The zero-order valence-electron chi connectivity index (χ0n) is 11.5. The van der Waals surface area contributed by atoms with E-state index in [4.69, 9.17) is 5.11 Å². The number of carbonyl (C=O) groups is 3. The number of carbonyl (C=O) groups excluding carboxylic acids is 2. The zero-order chi connectivity index (χ0) is 15.0. The van der Waals surface area contributed by atoms with Crippen molar-refractivity contribution in [3.8, 4) is 0 Å². The number of amides is 2. The Kier molecular flexibility index (Phi) is 3.16. The maximum absolute atomic E-state index is 12.0. The van der Waals surface area contributed by atoms with Gasteiger partial charge in [-0.15, -0.1) is 0 Å². The highest BCUT2D eigenvalue weighted by atomic mass is 16.4. The van der Waals surface area contributed by atoms with Crippen LogP contribution in [0, 0.1) is 0 Å². The van der Waals surface area contributed by atoms with E-state index in [1.165, 1.54) is 0 Å². The van der Waals surface area contributed by atoms with Crippen molar-refractivity contribution in [2.75, 3.05) is 11.4 Å². The van der Waals surface area contributed by atoms with Crippen molar-refractivity contribution in [2.45, 2.75) is 31.2 Å². The van der Waals surface area contributed by atoms with Crippen molar-refractivity contribution in [2.24, 2.45) is 0 Å². The summed E-state index contributed by atoms with van der Waals surface area (Å²) in [4.78, 5) is 36.4. The van der Waals surface area contributed by atoms with E-state index in [9.17, 15) is 14.4 Å². The van der Waals surface area contributed by atoms with Gasteiger partial charge >= 0.3 is 5.97 Å². The summed E-state index contributed by atoms with van der Waals surface area (Å²) in [6, 6.07) is 6.68. The Morgan fingerprint density at radius 3 is 2.33 bits per heavy atom. The van der Waals surface area contributed by atoms with Crippen LogP contribution in [0.25, 0.3) is 0 Å². The van der Waals surface area contributed by atoms with Gasteiger partial charge in [0.2, 0.25) is 5.91 Å². The van der Waals surface area contributed by atoms with Crippen LogP contribution in [-0.2, 0) is 9.59 Å². The molecule has 1 heterocycles. The van der Waals surface area contributed by atoms with Crippen molar-refractivity contribution < 1.29 is 19.5 Å².